The molecule has 28 heavy (non-hydrogen) atoms. The molecule has 0 atom stereocenters. The van der Waals surface area contributed by atoms with Crippen molar-refractivity contribution in [2.75, 3.05) is 39.8 Å². The quantitative estimate of drug-likeness (QED) is 0.561. The maximum Gasteiger partial charge on any atom is 0.246 e. The Bertz CT molecular complexity index is 1050. The highest BCUT2D eigenvalue weighted by Gasteiger charge is 2.21. The lowest BCUT2D eigenvalue weighted by molar-refractivity contribution is 0.324. The summed E-state index contributed by atoms with van der Waals surface area (Å²) in [6.07, 6.45) is 0. The zero-order chi connectivity index (χ0) is 20.4. The van der Waals surface area contributed by atoms with Gasteiger partial charge in [0.1, 0.15) is 10.6 Å². The third-order valence-corrected chi connectivity index (χ3v) is 5.69. The molecule has 0 radical (unpaired) electrons. The third-order valence-electron chi connectivity index (χ3n) is 4.61. The number of methoxy groups -OCH3 is 3. The number of thiophene rings is 1. The van der Waals surface area contributed by atoms with E-state index in [9.17, 15) is 0 Å². The van der Waals surface area contributed by atoms with Crippen molar-refractivity contribution in [1.82, 2.24) is 9.97 Å². The van der Waals surface area contributed by atoms with E-state index in [0.717, 1.165) is 33.7 Å². The van der Waals surface area contributed by atoms with Gasteiger partial charge in [0, 0.05) is 24.5 Å². The molecule has 1 aromatic carbocycles. The van der Waals surface area contributed by atoms with Crippen molar-refractivity contribution >= 4 is 32.4 Å². The van der Waals surface area contributed by atoms with Gasteiger partial charge in [0.05, 0.1) is 27.9 Å². The molecular formula is C20H22N4O3S. The molecule has 0 aliphatic rings. The molecular weight excluding hydrogens is 376 g/mol. The van der Waals surface area contributed by atoms with Crippen LogP contribution >= 0.6 is 11.3 Å². The number of aryl methyl sites for hydroxylation is 1. The summed E-state index contributed by atoms with van der Waals surface area (Å²) < 4.78 is 16.3. The Hall–Kier alpha value is -3.05. The van der Waals surface area contributed by atoms with Crippen molar-refractivity contribution in [2.45, 2.75) is 13.8 Å². The van der Waals surface area contributed by atoms with Gasteiger partial charge in [-0.05, 0) is 31.5 Å². The van der Waals surface area contributed by atoms with E-state index in [1.54, 1.807) is 21.3 Å². The molecule has 3 rings (SSSR count). The molecule has 0 aliphatic carbocycles. The van der Waals surface area contributed by atoms with Crippen LogP contribution in [0.3, 0.4) is 0 Å². The SMILES string of the molecule is [C-]#[N+]c1sc2nc(-c3cc(OC)c(OC)c(OC)c3)nc(N(C)CC)c2c1C. The number of hydrogen-bond donors (Lipinski definition) is 0. The Morgan fingerprint density at radius 3 is 2.25 bits per heavy atom. The molecule has 0 aliphatic heterocycles. The number of nitrogens with zero attached hydrogens (tertiary/aromatic N) is 4. The van der Waals surface area contributed by atoms with Crippen molar-refractivity contribution in [2.24, 2.45) is 0 Å². The zero-order valence-electron chi connectivity index (χ0n) is 16.8. The summed E-state index contributed by atoms with van der Waals surface area (Å²) in [5.41, 5.74) is 1.67. The van der Waals surface area contributed by atoms with Gasteiger partial charge in [-0.25, -0.2) is 14.8 Å². The van der Waals surface area contributed by atoms with E-state index < -0.39 is 0 Å². The monoisotopic (exact) mass is 398 g/mol. The second kappa shape index (κ2) is 7.90. The Kier molecular flexibility index (Phi) is 5.56. The molecule has 8 heteroatoms. The fourth-order valence-corrected chi connectivity index (χ4v) is 3.94. The van der Waals surface area contributed by atoms with Crippen LogP contribution in [0.2, 0.25) is 0 Å². The molecule has 0 N–H and O–H groups in total. The van der Waals surface area contributed by atoms with Crippen molar-refractivity contribution in [3.63, 3.8) is 0 Å². The van der Waals surface area contributed by atoms with Gasteiger partial charge >= 0.3 is 0 Å². The molecule has 3 aromatic rings. The van der Waals surface area contributed by atoms with Gasteiger partial charge in [-0.3, -0.25) is 0 Å². The molecule has 0 bridgehead atoms. The van der Waals surface area contributed by atoms with Crippen molar-refractivity contribution in [1.29, 1.82) is 0 Å². The van der Waals surface area contributed by atoms with E-state index >= 15 is 0 Å². The van der Waals surface area contributed by atoms with E-state index in [1.165, 1.54) is 11.3 Å². The predicted octanol–water partition coefficient (Wildman–Crippen LogP) is 4.70. The van der Waals surface area contributed by atoms with Gasteiger partial charge in [0.2, 0.25) is 10.8 Å². The number of ether oxygens (including phenoxy) is 3. The summed E-state index contributed by atoms with van der Waals surface area (Å²) in [7, 11) is 6.70. The molecule has 0 unspecified atom stereocenters. The molecule has 0 fully saturated rings. The van der Waals surface area contributed by atoms with Crippen LogP contribution in [0, 0.1) is 13.5 Å². The number of fused-ring (bicyclic) bond motifs is 1. The fraction of sp³-hybridized carbons (Fsp3) is 0.350. The van der Waals surface area contributed by atoms with E-state index in [-0.39, 0.29) is 0 Å². The fourth-order valence-electron chi connectivity index (χ4n) is 2.98. The highest BCUT2D eigenvalue weighted by molar-refractivity contribution is 7.22. The largest absolute Gasteiger partial charge is 0.493 e. The molecule has 0 saturated heterocycles. The summed E-state index contributed by atoms with van der Waals surface area (Å²) >= 11 is 1.38. The van der Waals surface area contributed by atoms with Gasteiger partial charge in [-0.1, -0.05) is 0 Å². The van der Waals surface area contributed by atoms with Crippen molar-refractivity contribution < 1.29 is 14.2 Å². The highest BCUT2D eigenvalue weighted by Crippen LogP contribution is 2.44. The molecule has 2 heterocycles. The standard InChI is InChI=1S/C20H22N4O3S/c1-8-24(4)18-15-11(2)19(21-3)28-20(15)23-17(22-18)12-9-13(25-5)16(27-7)14(10-12)26-6/h9-10H,8H2,1-2,4-7H3. The Balaban J connectivity index is 2.31. The summed E-state index contributed by atoms with van der Waals surface area (Å²) in [5.74, 6) is 2.94. The van der Waals surface area contributed by atoms with Crippen LogP contribution in [0.4, 0.5) is 10.8 Å². The van der Waals surface area contributed by atoms with Crippen LogP contribution in [0.15, 0.2) is 12.1 Å². The van der Waals surface area contributed by atoms with Crippen LogP contribution in [-0.2, 0) is 0 Å². The Morgan fingerprint density at radius 1 is 1.11 bits per heavy atom. The Labute approximate surface area is 168 Å². The first-order valence-electron chi connectivity index (χ1n) is 8.69. The van der Waals surface area contributed by atoms with Gasteiger partial charge in [0.25, 0.3) is 0 Å². The highest BCUT2D eigenvalue weighted by atomic mass is 32.1. The second-order valence-corrected chi connectivity index (χ2v) is 7.10. The number of hydrogen-bond acceptors (Lipinski definition) is 7. The van der Waals surface area contributed by atoms with Crippen molar-refractivity contribution in [3.8, 4) is 28.6 Å². The van der Waals surface area contributed by atoms with E-state index in [4.69, 9.17) is 30.8 Å². The Morgan fingerprint density at radius 2 is 1.75 bits per heavy atom. The number of aromatic nitrogens is 2. The van der Waals surface area contributed by atoms with Crippen LogP contribution in [0.1, 0.15) is 12.5 Å². The summed E-state index contributed by atoms with van der Waals surface area (Å²) in [4.78, 5) is 16.1. The molecule has 0 spiro atoms. The minimum absolute atomic E-state index is 0.517. The zero-order valence-corrected chi connectivity index (χ0v) is 17.6. The summed E-state index contributed by atoms with van der Waals surface area (Å²) in [6.45, 7) is 12.2. The van der Waals surface area contributed by atoms with Gasteiger partial charge in [0.15, 0.2) is 17.3 Å². The lowest BCUT2D eigenvalue weighted by Gasteiger charge is -2.19. The van der Waals surface area contributed by atoms with Crippen molar-refractivity contribution in [3.05, 3.63) is 29.1 Å². The number of benzene rings is 1. The van der Waals surface area contributed by atoms with E-state index in [2.05, 4.69) is 16.7 Å². The van der Waals surface area contributed by atoms with Crippen LogP contribution < -0.4 is 19.1 Å². The van der Waals surface area contributed by atoms with E-state index in [0.29, 0.717) is 28.1 Å². The smallest absolute Gasteiger partial charge is 0.246 e. The number of anilines is 1. The molecule has 2 aromatic heterocycles. The second-order valence-electron chi connectivity index (χ2n) is 6.12. The minimum Gasteiger partial charge on any atom is -0.493 e. The summed E-state index contributed by atoms with van der Waals surface area (Å²) in [5, 5.41) is 1.56. The normalized spacial score (nSPS) is 10.6. The van der Waals surface area contributed by atoms with Gasteiger partial charge in [-0.2, -0.15) is 0 Å². The lowest BCUT2D eigenvalue weighted by Crippen LogP contribution is -2.18. The third kappa shape index (κ3) is 3.18. The maximum absolute atomic E-state index is 7.44. The maximum atomic E-state index is 7.44. The predicted molar refractivity (Wildman–Crippen MR) is 112 cm³/mol. The first-order chi connectivity index (χ1) is 13.5. The average molecular weight is 398 g/mol. The van der Waals surface area contributed by atoms with Crippen LogP contribution in [0.25, 0.3) is 26.4 Å². The first kappa shape index (κ1) is 19.7. The summed E-state index contributed by atoms with van der Waals surface area (Å²) in [6, 6.07) is 3.66. The first-order valence-corrected chi connectivity index (χ1v) is 9.50. The lowest BCUT2D eigenvalue weighted by atomic mass is 10.1. The molecule has 7 nitrogen and oxygen atoms in total. The average Bonchev–Trinajstić information content (AvgIpc) is 3.06. The molecule has 0 saturated carbocycles. The molecule has 146 valence electrons. The van der Waals surface area contributed by atoms with E-state index in [1.807, 2.05) is 26.1 Å². The van der Waals surface area contributed by atoms with Crippen LogP contribution in [-0.4, -0.2) is 44.9 Å². The minimum atomic E-state index is 0.517. The topological polar surface area (TPSA) is 61.1 Å². The van der Waals surface area contributed by atoms with Gasteiger partial charge < -0.3 is 19.1 Å². The molecule has 0 amide bonds. The number of rotatable bonds is 6. The van der Waals surface area contributed by atoms with Crippen LogP contribution in [0.5, 0.6) is 17.2 Å². The van der Waals surface area contributed by atoms with Gasteiger partial charge in [-0.15, -0.1) is 11.3 Å².